The van der Waals surface area contributed by atoms with E-state index in [4.69, 9.17) is 10.3 Å². The maximum absolute atomic E-state index is 5.66. The fraction of sp³-hybridized carbons (Fsp3) is 0.667. The first-order valence-electron chi connectivity index (χ1n) is 5.09. The number of guanidine groups is 1. The largest absolute Gasteiger partial charge is 0.370 e. The number of hydrogen-bond acceptors (Lipinski definition) is 4. The number of aromatic nitrogens is 2. The number of aryl methyl sites for hydroxylation is 1. The molecule has 0 bridgehead atoms. The molecular weight excluding hydrogens is 321 g/mol. The van der Waals surface area contributed by atoms with Gasteiger partial charge in [0.2, 0.25) is 5.89 Å². The first-order chi connectivity index (χ1) is 7.24. The minimum atomic E-state index is 0. The summed E-state index contributed by atoms with van der Waals surface area (Å²) in [5.41, 5.74) is 5.66. The maximum Gasteiger partial charge on any atom is 0.228 e. The third kappa shape index (κ3) is 4.33. The number of aliphatic imine (C=N–C) groups is 1. The molecule has 1 aromatic heterocycles. The van der Waals surface area contributed by atoms with Gasteiger partial charge >= 0.3 is 0 Å². The highest BCUT2D eigenvalue weighted by Crippen LogP contribution is 2.17. The molecule has 0 aliphatic heterocycles. The van der Waals surface area contributed by atoms with Crippen molar-refractivity contribution in [1.82, 2.24) is 15.5 Å². The number of hydrogen-bond donors (Lipinski definition) is 2. The number of nitrogens with one attached hydrogen (secondary N) is 1. The van der Waals surface area contributed by atoms with Crippen LogP contribution < -0.4 is 11.1 Å². The lowest BCUT2D eigenvalue weighted by molar-refractivity contribution is 0.376. The second-order valence-electron chi connectivity index (χ2n) is 3.67. The zero-order valence-corrected chi connectivity index (χ0v) is 11.5. The molecule has 1 fully saturated rings. The average Bonchev–Trinajstić information content (AvgIpc) is 2.89. The van der Waals surface area contributed by atoms with Crippen LogP contribution in [0.4, 0.5) is 0 Å². The molecule has 0 atom stereocenters. The second kappa shape index (κ2) is 6.02. The van der Waals surface area contributed by atoms with Crippen LogP contribution in [0, 0.1) is 6.92 Å². The zero-order chi connectivity index (χ0) is 10.7. The van der Waals surface area contributed by atoms with Gasteiger partial charge in [-0.3, -0.25) is 4.99 Å². The van der Waals surface area contributed by atoms with Crippen molar-refractivity contribution >= 4 is 29.9 Å². The molecule has 0 unspecified atom stereocenters. The summed E-state index contributed by atoms with van der Waals surface area (Å²) in [6, 6.07) is 0.541. The fourth-order valence-electron chi connectivity index (χ4n) is 1.20. The lowest BCUT2D eigenvalue weighted by Gasteiger charge is -2.01. The average molecular weight is 337 g/mol. The highest BCUT2D eigenvalue weighted by atomic mass is 127. The van der Waals surface area contributed by atoms with E-state index < -0.39 is 0 Å². The van der Waals surface area contributed by atoms with Gasteiger partial charge < -0.3 is 15.6 Å². The van der Waals surface area contributed by atoms with Gasteiger partial charge in [0.05, 0.1) is 6.54 Å². The molecule has 0 spiro atoms. The standard InChI is InChI=1S/C9H15N5O.HI/c1-6-12-8(15-14-6)4-5-11-9(10)13-7-2-3-7;/h7H,2-5H2,1H3,(H3,10,11,13);1H. The molecule has 0 radical (unpaired) electrons. The number of rotatable bonds is 4. The van der Waals surface area contributed by atoms with Gasteiger partial charge in [0, 0.05) is 12.5 Å². The van der Waals surface area contributed by atoms with Gasteiger partial charge in [0.25, 0.3) is 0 Å². The van der Waals surface area contributed by atoms with E-state index in [2.05, 4.69) is 20.4 Å². The highest BCUT2D eigenvalue weighted by molar-refractivity contribution is 14.0. The predicted molar refractivity (Wildman–Crippen MR) is 70.8 cm³/mol. The molecule has 3 N–H and O–H groups in total. The third-order valence-corrected chi connectivity index (χ3v) is 2.11. The first kappa shape index (κ1) is 13.2. The van der Waals surface area contributed by atoms with Gasteiger partial charge in [-0.1, -0.05) is 5.16 Å². The Hall–Kier alpha value is -0.860. The van der Waals surface area contributed by atoms with E-state index >= 15 is 0 Å². The van der Waals surface area contributed by atoms with Crippen LogP contribution in [0.1, 0.15) is 24.6 Å². The molecule has 0 amide bonds. The Labute approximate surface area is 111 Å². The molecule has 1 aromatic rings. The summed E-state index contributed by atoms with van der Waals surface area (Å²) in [6.45, 7) is 2.37. The van der Waals surface area contributed by atoms with Crippen LogP contribution in [-0.2, 0) is 6.42 Å². The highest BCUT2D eigenvalue weighted by Gasteiger charge is 2.21. The molecule has 1 saturated carbocycles. The van der Waals surface area contributed by atoms with Crippen molar-refractivity contribution in [2.45, 2.75) is 32.2 Å². The van der Waals surface area contributed by atoms with Crippen LogP contribution in [0.3, 0.4) is 0 Å². The van der Waals surface area contributed by atoms with Crippen LogP contribution in [-0.4, -0.2) is 28.7 Å². The van der Waals surface area contributed by atoms with E-state index in [-0.39, 0.29) is 24.0 Å². The Bertz CT molecular complexity index is 361. The second-order valence-corrected chi connectivity index (χ2v) is 3.67. The summed E-state index contributed by atoms with van der Waals surface area (Å²) in [5, 5.41) is 6.80. The molecule has 90 valence electrons. The number of nitrogens with zero attached hydrogens (tertiary/aromatic N) is 3. The van der Waals surface area contributed by atoms with Crippen LogP contribution in [0.5, 0.6) is 0 Å². The molecule has 0 saturated heterocycles. The van der Waals surface area contributed by atoms with Crippen LogP contribution >= 0.6 is 24.0 Å². The summed E-state index contributed by atoms with van der Waals surface area (Å²) >= 11 is 0. The van der Waals surface area contributed by atoms with E-state index in [0.29, 0.717) is 36.7 Å². The van der Waals surface area contributed by atoms with Gasteiger partial charge in [0.1, 0.15) is 0 Å². The van der Waals surface area contributed by atoms with E-state index in [9.17, 15) is 0 Å². The number of nitrogens with two attached hydrogens (primary N) is 1. The van der Waals surface area contributed by atoms with Crippen LogP contribution in [0.15, 0.2) is 9.52 Å². The minimum absolute atomic E-state index is 0. The predicted octanol–water partition coefficient (Wildman–Crippen LogP) is 0.605. The van der Waals surface area contributed by atoms with Gasteiger partial charge in [-0.2, -0.15) is 4.98 Å². The molecule has 0 aromatic carbocycles. The zero-order valence-electron chi connectivity index (χ0n) is 9.14. The molecular formula is C9H16IN5O. The van der Waals surface area contributed by atoms with E-state index in [0.717, 1.165) is 0 Å². The number of halogens is 1. The fourth-order valence-corrected chi connectivity index (χ4v) is 1.20. The third-order valence-electron chi connectivity index (χ3n) is 2.11. The molecule has 1 aliphatic rings. The van der Waals surface area contributed by atoms with Crippen LogP contribution in [0.25, 0.3) is 0 Å². The molecule has 1 heterocycles. The topological polar surface area (TPSA) is 89.3 Å². The Morgan fingerprint density at radius 1 is 1.62 bits per heavy atom. The Morgan fingerprint density at radius 2 is 2.38 bits per heavy atom. The van der Waals surface area contributed by atoms with E-state index in [1.54, 1.807) is 6.92 Å². The summed E-state index contributed by atoms with van der Waals surface area (Å²) < 4.78 is 4.95. The van der Waals surface area contributed by atoms with Crippen molar-refractivity contribution in [3.8, 4) is 0 Å². The molecule has 16 heavy (non-hydrogen) atoms. The van der Waals surface area contributed by atoms with Crippen molar-refractivity contribution in [3.63, 3.8) is 0 Å². The van der Waals surface area contributed by atoms with Crippen molar-refractivity contribution in [3.05, 3.63) is 11.7 Å². The monoisotopic (exact) mass is 337 g/mol. The van der Waals surface area contributed by atoms with Crippen molar-refractivity contribution in [2.24, 2.45) is 10.7 Å². The summed E-state index contributed by atoms with van der Waals surface area (Å²) in [4.78, 5) is 8.24. The SMILES string of the molecule is Cc1noc(CCN=C(N)NC2CC2)n1.I. The van der Waals surface area contributed by atoms with Gasteiger partial charge in [0.15, 0.2) is 11.8 Å². The lowest BCUT2D eigenvalue weighted by atomic mass is 10.4. The molecule has 7 heteroatoms. The quantitative estimate of drug-likeness (QED) is 0.477. The Morgan fingerprint density at radius 3 is 2.94 bits per heavy atom. The van der Waals surface area contributed by atoms with Gasteiger partial charge in [-0.25, -0.2) is 0 Å². The van der Waals surface area contributed by atoms with Gasteiger partial charge in [-0.15, -0.1) is 24.0 Å². The van der Waals surface area contributed by atoms with Crippen LogP contribution in [0.2, 0.25) is 0 Å². The Balaban J connectivity index is 0.00000128. The van der Waals surface area contributed by atoms with E-state index in [1.807, 2.05) is 0 Å². The van der Waals surface area contributed by atoms with Gasteiger partial charge in [-0.05, 0) is 19.8 Å². The first-order valence-corrected chi connectivity index (χ1v) is 5.09. The van der Waals surface area contributed by atoms with E-state index in [1.165, 1.54) is 12.8 Å². The molecule has 6 nitrogen and oxygen atoms in total. The minimum Gasteiger partial charge on any atom is -0.370 e. The lowest BCUT2D eigenvalue weighted by Crippen LogP contribution is -2.33. The summed E-state index contributed by atoms with van der Waals surface area (Å²) in [6.07, 6.45) is 3.02. The summed E-state index contributed by atoms with van der Waals surface area (Å²) in [7, 11) is 0. The Kier molecular flexibility index (Phi) is 4.97. The molecule has 1 aliphatic carbocycles. The smallest absolute Gasteiger partial charge is 0.228 e. The van der Waals surface area contributed by atoms with Crippen molar-refractivity contribution in [2.75, 3.05) is 6.54 Å². The van der Waals surface area contributed by atoms with Crippen molar-refractivity contribution in [1.29, 1.82) is 0 Å². The maximum atomic E-state index is 5.66. The summed E-state index contributed by atoms with van der Waals surface area (Å²) in [5.74, 6) is 1.77. The van der Waals surface area contributed by atoms with Crippen molar-refractivity contribution < 1.29 is 4.52 Å². The molecule has 2 rings (SSSR count). The normalized spacial score (nSPS) is 15.7.